The van der Waals surface area contributed by atoms with Crippen LogP contribution < -0.4 is 5.32 Å². The van der Waals surface area contributed by atoms with Crippen LogP contribution in [0.5, 0.6) is 0 Å². The van der Waals surface area contributed by atoms with Gasteiger partial charge in [0.05, 0.1) is 6.61 Å². The van der Waals surface area contributed by atoms with E-state index in [0.717, 1.165) is 6.42 Å². The molecule has 0 saturated carbocycles. The first kappa shape index (κ1) is 17.9. The van der Waals surface area contributed by atoms with E-state index in [4.69, 9.17) is 4.74 Å². The highest BCUT2D eigenvalue weighted by molar-refractivity contribution is 5.98. The molecule has 0 aromatic carbocycles. The van der Waals surface area contributed by atoms with Gasteiger partial charge in [0.25, 0.3) is 0 Å². The van der Waals surface area contributed by atoms with E-state index in [1.54, 1.807) is 6.92 Å². The Labute approximate surface area is 117 Å². The Bertz CT molecular complexity index is 310. The summed E-state index contributed by atoms with van der Waals surface area (Å²) in [5, 5.41) is 2.85. The van der Waals surface area contributed by atoms with Crippen molar-refractivity contribution < 1.29 is 14.3 Å². The zero-order chi connectivity index (χ0) is 15.3. The van der Waals surface area contributed by atoms with E-state index in [0.29, 0.717) is 13.2 Å². The molecule has 0 aromatic heterocycles. The third-order valence-electron chi connectivity index (χ3n) is 2.82. The van der Waals surface area contributed by atoms with E-state index in [2.05, 4.69) is 26.1 Å². The van der Waals surface area contributed by atoms with Crippen LogP contribution in [-0.4, -0.2) is 25.0 Å². The molecule has 1 amide bonds. The van der Waals surface area contributed by atoms with Crippen LogP contribution in [0.15, 0.2) is 0 Å². The van der Waals surface area contributed by atoms with Gasteiger partial charge in [-0.25, -0.2) is 0 Å². The van der Waals surface area contributed by atoms with Crippen molar-refractivity contribution in [2.45, 2.75) is 54.9 Å². The fraction of sp³-hybridized carbons (Fsp3) is 0.867. The van der Waals surface area contributed by atoms with Gasteiger partial charge in [-0.2, -0.15) is 0 Å². The molecule has 0 fully saturated rings. The number of nitrogens with one attached hydrogen (secondary N) is 1. The lowest BCUT2D eigenvalue weighted by Gasteiger charge is -2.28. The Morgan fingerprint density at radius 1 is 1.11 bits per heavy atom. The van der Waals surface area contributed by atoms with Crippen molar-refractivity contribution in [2.75, 3.05) is 13.2 Å². The van der Waals surface area contributed by atoms with E-state index >= 15 is 0 Å². The molecule has 112 valence electrons. The first-order valence-corrected chi connectivity index (χ1v) is 6.93. The second-order valence-corrected chi connectivity index (χ2v) is 7.15. The van der Waals surface area contributed by atoms with Gasteiger partial charge in [-0.1, -0.05) is 41.5 Å². The first-order valence-electron chi connectivity index (χ1n) is 6.93. The van der Waals surface area contributed by atoms with Crippen LogP contribution in [0.1, 0.15) is 54.9 Å². The van der Waals surface area contributed by atoms with Crippen LogP contribution in [0.4, 0.5) is 0 Å². The molecule has 0 aromatic rings. The standard InChI is InChI=1S/C15H29NO3/c1-8-19-13(18)11(15(5,6)7)12(17)16-10-9-14(2,3)4/h11H,8-10H2,1-7H3,(H,16,17). The molecule has 1 atom stereocenters. The summed E-state index contributed by atoms with van der Waals surface area (Å²) in [5.41, 5.74) is -0.285. The van der Waals surface area contributed by atoms with E-state index in [-0.39, 0.29) is 11.3 Å². The zero-order valence-corrected chi connectivity index (χ0v) is 13.4. The third-order valence-corrected chi connectivity index (χ3v) is 2.82. The van der Waals surface area contributed by atoms with Gasteiger partial charge in [-0.3, -0.25) is 9.59 Å². The van der Waals surface area contributed by atoms with Gasteiger partial charge in [0.1, 0.15) is 5.92 Å². The third kappa shape index (κ3) is 7.19. The highest BCUT2D eigenvalue weighted by Gasteiger charge is 2.38. The normalized spacial score (nSPS) is 13.8. The predicted molar refractivity (Wildman–Crippen MR) is 76.7 cm³/mol. The molecule has 4 nitrogen and oxygen atoms in total. The van der Waals surface area contributed by atoms with E-state index in [1.807, 2.05) is 20.8 Å². The lowest BCUT2D eigenvalue weighted by molar-refractivity contribution is -0.156. The van der Waals surface area contributed by atoms with Crippen LogP contribution in [0.2, 0.25) is 0 Å². The minimum atomic E-state index is -0.757. The molecule has 1 unspecified atom stereocenters. The lowest BCUT2D eigenvalue weighted by atomic mass is 9.80. The summed E-state index contributed by atoms with van der Waals surface area (Å²) < 4.78 is 5.00. The molecule has 0 aliphatic rings. The van der Waals surface area contributed by atoms with Crippen LogP contribution in [0, 0.1) is 16.7 Å². The fourth-order valence-electron chi connectivity index (χ4n) is 1.74. The SMILES string of the molecule is CCOC(=O)C(C(=O)NCCC(C)(C)C)C(C)(C)C. The summed E-state index contributed by atoms with van der Waals surface area (Å²) in [4.78, 5) is 24.1. The van der Waals surface area contributed by atoms with E-state index in [9.17, 15) is 9.59 Å². The van der Waals surface area contributed by atoms with Crippen molar-refractivity contribution in [1.29, 1.82) is 0 Å². The van der Waals surface area contributed by atoms with Crippen molar-refractivity contribution in [3.8, 4) is 0 Å². The molecular formula is C15H29NO3. The number of rotatable bonds is 5. The molecule has 0 heterocycles. The Morgan fingerprint density at radius 2 is 1.63 bits per heavy atom. The van der Waals surface area contributed by atoms with Crippen LogP contribution in [0.25, 0.3) is 0 Å². The number of carbonyl (C=O) groups is 2. The average molecular weight is 271 g/mol. The largest absolute Gasteiger partial charge is 0.465 e. The summed E-state index contributed by atoms with van der Waals surface area (Å²) in [6, 6.07) is 0. The van der Waals surface area contributed by atoms with E-state index in [1.165, 1.54) is 0 Å². The Kier molecular flexibility index (Phi) is 6.53. The first-order chi connectivity index (χ1) is 8.49. The summed E-state index contributed by atoms with van der Waals surface area (Å²) in [7, 11) is 0. The molecule has 0 bridgehead atoms. The molecular weight excluding hydrogens is 242 g/mol. The fourth-order valence-corrected chi connectivity index (χ4v) is 1.74. The summed E-state index contributed by atoms with van der Waals surface area (Å²) >= 11 is 0. The average Bonchev–Trinajstić information content (AvgIpc) is 2.13. The summed E-state index contributed by atoms with van der Waals surface area (Å²) in [6.07, 6.45) is 0.873. The van der Waals surface area contributed by atoms with Crippen molar-refractivity contribution in [3.05, 3.63) is 0 Å². The maximum Gasteiger partial charge on any atom is 0.319 e. The molecule has 0 aliphatic carbocycles. The minimum absolute atomic E-state index is 0.161. The second kappa shape index (κ2) is 6.92. The number of carbonyl (C=O) groups excluding carboxylic acids is 2. The second-order valence-electron chi connectivity index (χ2n) is 7.15. The Balaban J connectivity index is 4.62. The van der Waals surface area contributed by atoms with Crippen LogP contribution in [-0.2, 0) is 14.3 Å². The highest BCUT2D eigenvalue weighted by atomic mass is 16.5. The Hall–Kier alpha value is -1.06. The van der Waals surface area contributed by atoms with Crippen molar-refractivity contribution >= 4 is 11.9 Å². The minimum Gasteiger partial charge on any atom is -0.465 e. The quantitative estimate of drug-likeness (QED) is 0.618. The monoisotopic (exact) mass is 271 g/mol. The smallest absolute Gasteiger partial charge is 0.319 e. The number of amides is 1. The summed E-state index contributed by atoms with van der Waals surface area (Å²) in [6.45, 7) is 14.6. The zero-order valence-electron chi connectivity index (χ0n) is 13.4. The molecule has 4 heteroatoms. The van der Waals surface area contributed by atoms with Gasteiger partial charge in [0.2, 0.25) is 5.91 Å². The van der Waals surface area contributed by atoms with Gasteiger partial charge in [-0.05, 0) is 24.2 Å². The van der Waals surface area contributed by atoms with E-state index < -0.39 is 17.3 Å². The number of esters is 1. The maximum atomic E-state index is 12.2. The van der Waals surface area contributed by atoms with Gasteiger partial charge >= 0.3 is 5.97 Å². The van der Waals surface area contributed by atoms with Gasteiger partial charge < -0.3 is 10.1 Å². The van der Waals surface area contributed by atoms with Crippen molar-refractivity contribution in [2.24, 2.45) is 16.7 Å². The molecule has 0 spiro atoms. The molecule has 19 heavy (non-hydrogen) atoms. The predicted octanol–water partition coefficient (Wildman–Crippen LogP) is 2.76. The molecule has 0 saturated heterocycles. The van der Waals surface area contributed by atoms with Crippen LogP contribution >= 0.6 is 0 Å². The van der Waals surface area contributed by atoms with Gasteiger partial charge in [0, 0.05) is 6.54 Å². The molecule has 0 aliphatic heterocycles. The summed E-state index contributed by atoms with van der Waals surface area (Å²) in [5.74, 6) is -1.44. The molecule has 0 rings (SSSR count). The number of ether oxygens (including phenoxy) is 1. The van der Waals surface area contributed by atoms with Gasteiger partial charge in [0.15, 0.2) is 0 Å². The van der Waals surface area contributed by atoms with Gasteiger partial charge in [-0.15, -0.1) is 0 Å². The van der Waals surface area contributed by atoms with Crippen molar-refractivity contribution in [1.82, 2.24) is 5.32 Å². The molecule has 1 N–H and O–H groups in total. The number of hydrogen-bond donors (Lipinski definition) is 1. The lowest BCUT2D eigenvalue weighted by Crippen LogP contribution is -2.44. The number of hydrogen-bond acceptors (Lipinski definition) is 3. The van der Waals surface area contributed by atoms with Crippen molar-refractivity contribution in [3.63, 3.8) is 0 Å². The Morgan fingerprint density at radius 3 is 2.00 bits per heavy atom. The van der Waals surface area contributed by atoms with Crippen LogP contribution in [0.3, 0.4) is 0 Å². The topological polar surface area (TPSA) is 55.4 Å². The molecule has 0 radical (unpaired) electrons. The highest BCUT2D eigenvalue weighted by Crippen LogP contribution is 2.27. The maximum absolute atomic E-state index is 12.2.